The van der Waals surface area contributed by atoms with Gasteiger partial charge in [0.1, 0.15) is 0 Å². The number of esters is 3. The van der Waals surface area contributed by atoms with Gasteiger partial charge in [0.2, 0.25) is 0 Å². The average Bonchev–Trinajstić information content (AvgIpc) is 4.08. The lowest BCUT2D eigenvalue weighted by atomic mass is 9.95. The van der Waals surface area contributed by atoms with Gasteiger partial charge in [-0.2, -0.15) is 0 Å². The maximum absolute atomic E-state index is 13.8. The Labute approximate surface area is 399 Å². The summed E-state index contributed by atoms with van der Waals surface area (Å²) < 4.78 is 32.1. The molecule has 8 rings (SSSR count). The molecule has 64 heavy (non-hydrogen) atoms. The minimum absolute atomic E-state index is 0.191. The van der Waals surface area contributed by atoms with Crippen molar-refractivity contribution in [3.63, 3.8) is 0 Å². The molecular weight excluding hydrogens is 953 g/mol. The fourth-order valence-corrected chi connectivity index (χ4v) is 18.7. The molecule has 0 saturated heterocycles. The summed E-state index contributed by atoms with van der Waals surface area (Å²) >= 11 is 9.86. The Balaban J connectivity index is 1.25. The van der Waals surface area contributed by atoms with Crippen molar-refractivity contribution in [3.05, 3.63) is 82.9 Å². The zero-order valence-electron chi connectivity index (χ0n) is 37.4. The molecule has 8 aromatic rings. The summed E-state index contributed by atoms with van der Waals surface area (Å²) in [4.78, 5) is 44.8. The summed E-state index contributed by atoms with van der Waals surface area (Å²) in [6, 6.07) is 20.1. The number of ether oxygens (including phenoxy) is 4. The van der Waals surface area contributed by atoms with Gasteiger partial charge in [-0.15, -0.1) is 68.0 Å². The van der Waals surface area contributed by atoms with Crippen LogP contribution in [0.2, 0.25) is 39.3 Å². The van der Waals surface area contributed by atoms with Crippen LogP contribution in [0.4, 0.5) is 0 Å². The quantitative estimate of drug-likeness (QED) is 0.0468. The van der Waals surface area contributed by atoms with E-state index in [0.717, 1.165) is 43.9 Å². The molecule has 6 aromatic heterocycles. The van der Waals surface area contributed by atoms with Crippen LogP contribution in [-0.2, 0) is 18.9 Å². The number of rotatable bonds is 15. The van der Waals surface area contributed by atoms with Gasteiger partial charge in [0, 0.05) is 82.1 Å². The van der Waals surface area contributed by atoms with E-state index in [1.165, 1.54) is 41.1 Å². The van der Waals surface area contributed by atoms with Gasteiger partial charge < -0.3 is 24.1 Å². The minimum atomic E-state index is -1.51. The first-order valence-electron chi connectivity index (χ1n) is 21.2. The second-order valence-corrected chi connectivity index (χ2v) is 34.6. The molecular formula is C48H50O8S6Si2. The van der Waals surface area contributed by atoms with Crippen LogP contribution in [-0.4, -0.2) is 65.6 Å². The third-order valence-electron chi connectivity index (χ3n) is 10.6. The Morgan fingerprint density at radius 2 is 0.766 bits per heavy atom. The molecule has 1 atom stereocenters. The van der Waals surface area contributed by atoms with E-state index in [4.69, 9.17) is 18.9 Å². The van der Waals surface area contributed by atoms with Crippen molar-refractivity contribution >= 4 is 139 Å². The Hall–Kier alpha value is -3.82. The lowest BCUT2D eigenvalue weighted by Crippen LogP contribution is -2.34. The molecule has 0 amide bonds. The summed E-state index contributed by atoms with van der Waals surface area (Å²) in [5, 5.41) is 11.5. The van der Waals surface area contributed by atoms with Gasteiger partial charge >= 0.3 is 17.9 Å². The first-order chi connectivity index (χ1) is 30.4. The number of hydrogen-bond acceptors (Lipinski definition) is 14. The van der Waals surface area contributed by atoms with Crippen LogP contribution in [0, 0.1) is 0 Å². The Morgan fingerprint density at radius 3 is 1.09 bits per heavy atom. The van der Waals surface area contributed by atoms with Gasteiger partial charge in [-0.1, -0.05) is 39.3 Å². The molecule has 0 aliphatic rings. The van der Waals surface area contributed by atoms with E-state index in [9.17, 15) is 19.5 Å². The molecule has 0 spiro atoms. The standard InChI is InChI=1S/C48H50O8S6Si2/c1-11-53-45(49)29-17-27(35-21-39-41(59-35)23-43(61-39)63(5,6)7)31(47(51)55-13-3)15-25(29)33-19-37-38(57-33)20-34(58-37)26-16-32(48(52)56-14-4)28(18-30(26)46(50)54-12-2)36-22-40-42(60-36)24-44(62-40)64(8,9)10/h15-24,47,51H,11-14H2,1-10H3. The van der Waals surface area contributed by atoms with Crippen LogP contribution >= 0.6 is 68.0 Å². The Morgan fingerprint density at radius 1 is 0.453 bits per heavy atom. The average molecular weight is 1000 g/mol. The fraction of sp³-hybridized carbons (Fsp3) is 0.312. The normalized spacial score (nSPS) is 12.7. The van der Waals surface area contributed by atoms with Crippen molar-refractivity contribution < 1.29 is 38.4 Å². The molecule has 334 valence electrons. The van der Waals surface area contributed by atoms with Gasteiger partial charge in [0.05, 0.1) is 52.7 Å². The van der Waals surface area contributed by atoms with Crippen molar-refractivity contribution in [2.24, 2.45) is 0 Å². The van der Waals surface area contributed by atoms with E-state index in [-0.39, 0.29) is 19.8 Å². The second kappa shape index (κ2) is 18.5. The van der Waals surface area contributed by atoms with Crippen LogP contribution in [0.1, 0.15) is 70.6 Å². The van der Waals surface area contributed by atoms with E-state index in [1.54, 1.807) is 66.9 Å². The zero-order valence-corrected chi connectivity index (χ0v) is 44.3. The van der Waals surface area contributed by atoms with E-state index in [0.29, 0.717) is 45.6 Å². The molecule has 0 saturated carbocycles. The predicted octanol–water partition coefficient (Wildman–Crippen LogP) is 13.8. The van der Waals surface area contributed by atoms with Crippen molar-refractivity contribution in [2.45, 2.75) is 73.3 Å². The summed E-state index contributed by atoms with van der Waals surface area (Å²) in [5.41, 5.74) is 4.25. The Bertz CT molecular complexity index is 2980. The topological polar surface area (TPSA) is 108 Å². The molecule has 0 fully saturated rings. The van der Waals surface area contributed by atoms with Crippen LogP contribution in [0.3, 0.4) is 0 Å². The molecule has 0 aliphatic heterocycles. The van der Waals surface area contributed by atoms with Gasteiger partial charge in [-0.25, -0.2) is 14.4 Å². The highest BCUT2D eigenvalue weighted by Crippen LogP contribution is 2.48. The summed E-state index contributed by atoms with van der Waals surface area (Å²) in [7, 11) is -3.02. The largest absolute Gasteiger partial charge is 0.462 e. The third-order valence-corrected chi connectivity index (χ3v) is 24.8. The molecule has 2 aromatic carbocycles. The van der Waals surface area contributed by atoms with Crippen molar-refractivity contribution in [1.82, 2.24) is 0 Å². The van der Waals surface area contributed by atoms with Crippen molar-refractivity contribution in [1.29, 1.82) is 0 Å². The lowest BCUT2D eigenvalue weighted by Gasteiger charge is -2.19. The van der Waals surface area contributed by atoms with E-state index in [2.05, 4.69) is 63.5 Å². The number of carbonyl (C=O) groups excluding carboxylic acids is 3. The van der Waals surface area contributed by atoms with E-state index < -0.39 is 40.3 Å². The highest BCUT2D eigenvalue weighted by molar-refractivity contribution is 7.37. The monoisotopic (exact) mass is 1000 g/mol. The number of thiophene rings is 6. The van der Waals surface area contributed by atoms with Crippen LogP contribution < -0.4 is 9.00 Å². The molecule has 0 bridgehead atoms. The molecule has 0 radical (unpaired) electrons. The first kappa shape index (κ1) is 46.7. The van der Waals surface area contributed by atoms with Crippen LogP contribution in [0.25, 0.3) is 70.0 Å². The molecule has 1 N–H and O–H groups in total. The Kier molecular flexibility index (Phi) is 13.5. The molecule has 6 heterocycles. The maximum atomic E-state index is 13.8. The fourth-order valence-electron chi connectivity index (χ4n) is 7.40. The van der Waals surface area contributed by atoms with Gasteiger partial charge in [0.25, 0.3) is 0 Å². The third kappa shape index (κ3) is 9.15. The predicted molar refractivity (Wildman–Crippen MR) is 278 cm³/mol. The van der Waals surface area contributed by atoms with Crippen molar-refractivity contribution in [2.75, 3.05) is 26.4 Å². The minimum Gasteiger partial charge on any atom is -0.462 e. The van der Waals surface area contributed by atoms with Crippen LogP contribution in [0.15, 0.2) is 60.7 Å². The molecule has 1 unspecified atom stereocenters. The molecule has 16 heteroatoms. The van der Waals surface area contributed by atoms with E-state index in [1.807, 2.05) is 42.5 Å². The van der Waals surface area contributed by atoms with Crippen LogP contribution in [0.5, 0.6) is 0 Å². The number of aliphatic hydroxyl groups is 1. The summed E-state index contributed by atoms with van der Waals surface area (Å²) in [6.45, 7) is 22.1. The van der Waals surface area contributed by atoms with E-state index >= 15 is 0 Å². The number of benzene rings is 2. The zero-order chi connectivity index (χ0) is 45.8. The van der Waals surface area contributed by atoms with Crippen molar-refractivity contribution in [3.8, 4) is 41.8 Å². The summed E-state index contributed by atoms with van der Waals surface area (Å²) in [5.74, 6) is -1.40. The second-order valence-electron chi connectivity index (χ2n) is 17.2. The lowest BCUT2D eigenvalue weighted by molar-refractivity contribution is -0.0975. The van der Waals surface area contributed by atoms with Gasteiger partial charge in [-0.05, 0) is 97.4 Å². The highest BCUT2D eigenvalue weighted by Gasteiger charge is 2.29. The number of hydrogen-bond donors (Lipinski definition) is 1. The molecule has 8 nitrogen and oxygen atoms in total. The number of aliphatic hydroxyl groups excluding tert-OH is 1. The first-order valence-corrected chi connectivity index (χ1v) is 33.1. The van der Waals surface area contributed by atoms with Gasteiger partial charge in [0.15, 0.2) is 6.29 Å². The highest BCUT2D eigenvalue weighted by atomic mass is 32.1. The molecule has 0 aliphatic carbocycles. The number of carbonyl (C=O) groups is 3. The smallest absolute Gasteiger partial charge is 0.338 e. The maximum Gasteiger partial charge on any atom is 0.338 e. The van der Waals surface area contributed by atoms with Gasteiger partial charge in [-0.3, -0.25) is 0 Å². The summed E-state index contributed by atoms with van der Waals surface area (Å²) in [6.07, 6.45) is -1.23. The number of fused-ring (bicyclic) bond motifs is 3. The SMILES string of the molecule is CCOC(=O)c1cc(-c2cc3sc([Si](C)(C)C)cc3s2)c(C(=O)OCC)cc1-c1cc2sc(-c3cc(C(O)OCC)c(-c4cc5sc([Si](C)(C)C)cc5s4)cc3C(=O)OCC)cc2s1.